The van der Waals surface area contributed by atoms with Crippen LogP contribution in [0.5, 0.6) is 17.2 Å². The van der Waals surface area contributed by atoms with Gasteiger partial charge in [0.25, 0.3) is 5.91 Å². The molecular weight excluding hydrogens is 360 g/mol. The number of benzene rings is 2. The topological polar surface area (TPSA) is 85.9 Å². The number of amides is 2. The Hall–Kier alpha value is -3.22. The Labute approximate surface area is 164 Å². The van der Waals surface area contributed by atoms with Crippen LogP contribution in [0.1, 0.15) is 17.5 Å². The summed E-state index contributed by atoms with van der Waals surface area (Å²) < 4.78 is 16.2. The van der Waals surface area contributed by atoms with E-state index in [0.717, 1.165) is 11.1 Å². The van der Waals surface area contributed by atoms with Crippen LogP contribution in [-0.4, -0.2) is 38.7 Å². The van der Waals surface area contributed by atoms with Crippen molar-refractivity contribution in [1.82, 2.24) is 5.32 Å². The lowest BCUT2D eigenvalue weighted by molar-refractivity contribution is -0.130. The summed E-state index contributed by atoms with van der Waals surface area (Å²) in [7, 11) is 3.17. The number of carbonyl (C=O) groups is 2. The van der Waals surface area contributed by atoms with Gasteiger partial charge in [-0.25, -0.2) is 0 Å². The highest BCUT2D eigenvalue weighted by Crippen LogP contribution is 2.31. The van der Waals surface area contributed by atoms with Crippen LogP contribution in [0.3, 0.4) is 0 Å². The van der Waals surface area contributed by atoms with Gasteiger partial charge < -0.3 is 24.8 Å². The standard InChI is InChI=1S/C21H24N2O5/c1-13-4-6-16-15(10-13)23-21(25)19(28-16)12-20(24)22-9-8-14-5-7-17(26-2)18(11-14)27-3/h4-7,10-11,19H,8-9,12H2,1-3H3,(H,22,24)(H,23,25)/t19-/m0/s1. The van der Waals surface area contributed by atoms with Crippen LogP contribution in [-0.2, 0) is 16.0 Å². The third kappa shape index (κ3) is 4.54. The highest BCUT2D eigenvalue weighted by Gasteiger charge is 2.29. The molecule has 0 unspecified atom stereocenters. The molecule has 0 fully saturated rings. The van der Waals surface area contributed by atoms with Gasteiger partial charge in [-0.3, -0.25) is 9.59 Å². The van der Waals surface area contributed by atoms with E-state index in [4.69, 9.17) is 14.2 Å². The molecule has 1 heterocycles. The minimum Gasteiger partial charge on any atom is -0.493 e. The summed E-state index contributed by atoms with van der Waals surface area (Å²) in [5.74, 6) is 1.33. The molecule has 148 valence electrons. The van der Waals surface area contributed by atoms with Crippen LogP contribution in [0.25, 0.3) is 0 Å². The summed E-state index contributed by atoms with van der Waals surface area (Å²) in [6.45, 7) is 2.38. The van der Waals surface area contributed by atoms with Crippen LogP contribution in [0.15, 0.2) is 36.4 Å². The molecule has 2 aromatic carbocycles. The largest absolute Gasteiger partial charge is 0.493 e. The van der Waals surface area contributed by atoms with Gasteiger partial charge in [0.05, 0.1) is 26.3 Å². The number of fused-ring (bicyclic) bond motifs is 1. The molecule has 0 saturated carbocycles. The molecule has 2 aromatic rings. The highest BCUT2D eigenvalue weighted by molar-refractivity contribution is 6.00. The Morgan fingerprint density at radius 1 is 1.14 bits per heavy atom. The number of carbonyl (C=O) groups excluding carboxylic acids is 2. The van der Waals surface area contributed by atoms with Gasteiger partial charge in [-0.2, -0.15) is 0 Å². The molecule has 7 nitrogen and oxygen atoms in total. The van der Waals surface area contributed by atoms with Gasteiger partial charge >= 0.3 is 0 Å². The maximum absolute atomic E-state index is 12.2. The third-order valence-corrected chi connectivity index (χ3v) is 4.51. The molecule has 7 heteroatoms. The van der Waals surface area contributed by atoms with Crippen LogP contribution in [0, 0.1) is 6.92 Å². The highest BCUT2D eigenvalue weighted by atomic mass is 16.5. The predicted molar refractivity (Wildman–Crippen MR) is 105 cm³/mol. The number of rotatable bonds is 7. The lowest BCUT2D eigenvalue weighted by Gasteiger charge is -2.25. The maximum Gasteiger partial charge on any atom is 0.266 e. The molecule has 2 N–H and O–H groups in total. The van der Waals surface area contributed by atoms with Gasteiger partial charge in [0.1, 0.15) is 5.75 Å². The molecule has 0 bridgehead atoms. The van der Waals surface area contributed by atoms with E-state index in [1.165, 1.54) is 0 Å². The van der Waals surface area contributed by atoms with E-state index >= 15 is 0 Å². The summed E-state index contributed by atoms with van der Waals surface area (Å²) in [6.07, 6.45) is -0.243. The summed E-state index contributed by atoms with van der Waals surface area (Å²) >= 11 is 0. The Balaban J connectivity index is 1.51. The van der Waals surface area contributed by atoms with E-state index in [1.807, 2.05) is 37.3 Å². The van der Waals surface area contributed by atoms with Crippen molar-refractivity contribution in [3.8, 4) is 17.2 Å². The van der Waals surface area contributed by atoms with Gasteiger partial charge in [-0.1, -0.05) is 12.1 Å². The zero-order valence-electron chi connectivity index (χ0n) is 16.2. The van der Waals surface area contributed by atoms with Gasteiger partial charge in [-0.05, 0) is 48.7 Å². The molecule has 1 aliphatic rings. The van der Waals surface area contributed by atoms with Gasteiger partial charge in [0.2, 0.25) is 5.91 Å². The van der Waals surface area contributed by atoms with Crippen LogP contribution in [0.2, 0.25) is 0 Å². The zero-order chi connectivity index (χ0) is 20.1. The molecule has 3 rings (SSSR count). The van der Waals surface area contributed by atoms with Crippen molar-refractivity contribution in [2.75, 3.05) is 26.1 Å². The second-order valence-electron chi connectivity index (χ2n) is 6.59. The van der Waals surface area contributed by atoms with Gasteiger partial charge in [-0.15, -0.1) is 0 Å². The van der Waals surface area contributed by atoms with Crippen LogP contribution in [0.4, 0.5) is 5.69 Å². The lowest BCUT2D eigenvalue weighted by atomic mass is 10.1. The van der Waals surface area contributed by atoms with Crippen molar-refractivity contribution in [3.05, 3.63) is 47.5 Å². The van der Waals surface area contributed by atoms with E-state index in [0.29, 0.717) is 35.9 Å². The number of hydrogen-bond donors (Lipinski definition) is 2. The molecule has 1 atom stereocenters. The van der Waals surface area contributed by atoms with Crippen molar-refractivity contribution in [1.29, 1.82) is 0 Å². The van der Waals surface area contributed by atoms with E-state index in [9.17, 15) is 9.59 Å². The summed E-state index contributed by atoms with van der Waals surface area (Å²) in [4.78, 5) is 24.4. The number of aryl methyl sites for hydroxylation is 1. The molecule has 28 heavy (non-hydrogen) atoms. The van der Waals surface area contributed by atoms with E-state index in [1.54, 1.807) is 20.3 Å². The number of nitrogens with one attached hydrogen (secondary N) is 2. The Kier molecular flexibility index (Phi) is 6.03. The lowest BCUT2D eigenvalue weighted by Crippen LogP contribution is -2.41. The van der Waals surface area contributed by atoms with Crippen molar-refractivity contribution in [2.24, 2.45) is 0 Å². The molecule has 0 aromatic heterocycles. The molecule has 2 amide bonds. The molecule has 0 radical (unpaired) electrons. The van der Waals surface area contributed by atoms with Crippen molar-refractivity contribution < 1.29 is 23.8 Å². The fourth-order valence-corrected chi connectivity index (χ4v) is 3.02. The Morgan fingerprint density at radius 2 is 1.93 bits per heavy atom. The first-order valence-corrected chi connectivity index (χ1v) is 9.06. The van der Waals surface area contributed by atoms with Crippen molar-refractivity contribution >= 4 is 17.5 Å². The average Bonchev–Trinajstić information content (AvgIpc) is 2.68. The van der Waals surface area contributed by atoms with E-state index < -0.39 is 6.10 Å². The predicted octanol–water partition coefficient (Wildman–Crippen LogP) is 2.46. The normalized spacial score (nSPS) is 15.1. The molecule has 0 saturated heterocycles. The van der Waals surface area contributed by atoms with E-state index in [-0.39, 0.29) is 18.2 Å². The second kappa shape index (κ2) is 8.65. The summed E-state index contributed by atoms with van der Waals surface area (Å²) in [6, 6.07) is 11.2. The molecule has 1 aliphatic heterocycles. The third-order valence-electron chi connectivity index (χ3n) is 4.51. The van der Waals surface area contributed by atoms with Gasteiger partial charge in [0.15, 0.2) is 17.6 Å². The van der Waals surface area contributed by atoms with Crippen LogP contribution < -0.4 is 24.8 Å². The van der Waals surface area contributed by atoms with Crippen LogP contribution >= 0.6 is 0 Å². The summed E-state index contributed by atoms with van der Waals surface area (Å²) in [5, 5.41) is 5.62. The summed E-state index contributed by atoms with van der Waals surface area (Å²) in [5.41, 5.74) is 2.66. The Morgan fingerprint density at radius 3 is 2.68 bits per heavy atom. The van der Waals surface area contributed by atoms with E-state index in [2.05, 4.69) is 10.6 Å². The number of ether oxygens (including phenoxy) is 3. The zero-order valence-corrected chi connectivity index (χ0v) is 16.2. The first-order chi connectivity index (χ1) is 13.5. The minimum atomic E-state index is -0.837. The van der Waals surface area contributed by atoms with Gasteiger partial charge in [0, 0.05) is 6.54 Å². The SMILES string of the molecule is COc1ccc(CCNC(=O)C[C@@H]2Oc3ccc(C)cc3NC2=O)cc1OC. The molecular formula is C21H24N2O5. The number of hydrogen-bond acceptors (Lipinski definition) is 5. The Bertz CT molecular complexity index is 881. The fourth-order valence-electron chi connectivity index (χ4n) is 3.02. The average molecular weight is 384 g/mol. The smallest absolute Gasteiger partial charge is 0.266 e. The molecule has 0 spiro atoms. The maximum atomic E-state index is 12.2. The minimum absolute atomic E-state index is 0.0366. The first-order valence-electron chi connectivity index (χ1n) is 9.06. The number of methoxy groups -OCH3 is 2. The van der Waals surface area contributed by atoms with Crippen molar-refractivity contribution in [3.63, 3.8) is 0 Å². The first kappa shape index (κ1) is 19.5. The molecule has 0 aliphatic carbocycles. The van der Waals surface area contributed by atoms with Crippen molar-refractivity contribution in [2.45, 2.75) is 25.9 Å². The fraction of sp³-hybridized carbons (Fsp3) is 0.333. The monoisotopic (exact) mass is 384 g/mol. The number of anilines is 1. The second-order valence-corrected chi connectivity index (χ2v) is 6.59. The quantitative estimate of drug-likeness (QED) is 0.766.